The third-order valence-electron chi connectivity index (χ3n) is 2.75. The summed E-state index contributed by atoms with van der Waals surface area (Å²) in [5.41, 5.74) is -0.279. The SMILES string of the molecule is CC(Oc1ccc(F)cc1Br)C(=O)Nc1cc(F)ccc1F. The first-order chi connectivity index (χ1) is 10.4. The van der Waals surface area contributed by atoms with Crippen molar-refractivity contribution in [1.82, 2.24) is 0 Å². The van der Waals surface area contributed by atoms with Gasteiger partial charge in [-0.1, -0.05) is 0 Å². The Labute approximate surface area is 133 Å². The topological polar surface area (TPSA) is 38.3 Å². The summed E-state index contributed by atoms with van der Waals surface area (Å²) in [4.78, 5) is 11.9. The molecule has 22 heavy (non-hydrogen) atoms. The molecule has 1 N–H and O–H groups in total. The molecule has 0 radical (unpaired) electrons. The van der Waals surface area contributed by atoms with Crippen molar-refractivity contribution in [3.63, 3.8) is 0 Å². The van der Waals surface area contributed by atoms with Gasteiger partial charge in [-0.15, -0.1) is 0 Å². The maximum Gasteiger partial charge on any atom is 0.265 e. The lowest BCUT2D eigenvalue weighted by molar-refractivity contribution is -0.122. The van der Waals surface area contributed by atoms with Crippen LogP contribution in [0.2, 0.25) is 0 Å². The second-order valence-corrected chi connectivity index (χ2v) is 5.30. The van der Waals surface area contributed by atoms with Crippen LogP contribution in [0, 0.1) is 17.5 Å². The van der Waals surface area contributed by atoms with Crippen molar-refractivity contribution in [3.8, 4) is 5.75 Å². The van der Waals surface area contributed by atoms with Crippen LogP contribution < -0.4 is 10.1 Å². The Morgan fingerprint density at radius 1 is 1.14 bits per heavy atom. The molecule has 0 heterocycles. The molecule has 0 saturated carbocycles. The van der Waals surface area contributed by atoms with Gasteiger partial charge < -0.3 is 10.1 Å². The molecule has 1 amide bonds. The summed E-state index contributed by atoms with van der Waals surface area (Å²) in [7, 11) is 0. The van der Waals surface area contributed by atoms with E-state index in [9.17, 15) is 18.0 Å². The number of hydrogen-bond donors (Lipinski definition) is 1. The summed E-state index contributed by atoms with van der Waals surface area (Å²) in [5, 5.41) is 2.23. The molecule has 116 valence electrons. The Balaban J connectivity index is 2.07. The van der Waals surface area contributed by atoms with E-state index in [1.54, 1.807) is 0 Å². The zero-order valence-corrected chi connectivity index (χ0v) is 13.0. The molecule has 1 unspecified atom stereocenters. The van der Waals surface area contributed by atoms with Crippen LogP contribution in [0.15, 0.2) is 40.9 Å². The van der Waals surface area contributed by atoms with Gasteiger partial charge in [0, 0.05) is 6.07 Å². The van der Waals surface area contributed by atoms with Crippen molar-refractivity contribution in [2.45, 2.75) is 13.0 Å². The van der Waals surface area contributed by atoms with Crippen molar-refractivity contribution >= 4 is 27.5 Å². The third kappa shape index (κ3) is 4.00. The molecule has 0 saturated heterocycles. The van der Waals surface area contributed by atoms with Crippen LogP contribution >= 0.6 is 15.9 Å². The quantitative estimate of drug-likeness (QED) is 0.868. The molecule has 0 bridgehead atoms. The van der Waals surface area contributed by atoms with E-state index in [0.717, 1.165) is 18.2 Å². The number of hydrogen-bond acceptors (Lipinski definition) is 2. The van der Waals surface area contributed by atoms with Crippen LogP contribution in [0.3, 0.4) is 0 Å². The van der Waals surface area contributed by atoms with E-state index < -0.39 is 29.5 Å². The molecule has 2 aromatic carbocycles. The number of ether oxygens (including phenoxy) is 1. The summed E-state index contributed by atoms with van der Waals surface area (Å²) >= 11 is 3.11. The van der Waals surface area contributed by atoms with E-state index in [2.05, 4.69) is 21.2 Å². The molecule has 0 aromatic heterocycles. The van der Waals surface area contributed by atoms with E-state index in [4.69, 9.17) is 4.74 Å². The maximum absolute atomic E-state index is 13.5. The van der Waals surface area contributed by atoms with Gasteiger partial charge >= 0.3 is 0 Å². The highest BCUT2D eigenvalue weighted by Gasteiger charge is 2.18. The van der Waals surface area contributed by atoms with Crippen LogP contribution in [0.4, 0.5) is 18.9 Å². The second kappa shape index (κ2) is 6.83. The minimum atomic E-state index is -0.996. The van der Waals surface area contributed by atoms with Crippen molar-refractivity contribution in [1.29, 1.82) is 0 Å². The number of amides is 1. The van der Waals surface area contributed by atoms with Crippen molar-refractivity contribution < 1.29 is 22.7 Å². The fraction of sp³-hybridized carbons (Fsp3) is 0.133. The first kappa shape index (κ1) is 16.4. The van der Waals surface area contributed by atoms with Gasteiger partial charge in [0.15, 0.2) is 6.10 Å². The van der Waals surface area contributed by atoms with Crippen LogP contribution in [-0.2, 0) is 4.79 Å². The molecule has 2 rings (SSSR count). The molecule has 0 aliphatic rings. The first-order valence-corrected chi connectivity index (χ1v) is 7.03. The standard InChI is InChI=1S/C15H11BrF3NO2/c1-8(22-14-5-3-9(17)6-11(14)16)15(21)20-13-7-10(18)2-4-12(13)19/h2-8H,1H3,(H,20,21). The fourth-order valence-electron chi connectivity index (χ4n) is 1.64. The van der Waals surface area contributed by atoms with Gasteiger partial charge in [-0.25, -0.2) is 13.2 Å². The Bertz CT molecular complexity index is 709. The number of halogens is 4. The first-order valence-electron chi connectivity index (χ1n) is 6.24. The van der Waals surface area contributed by atoms with Crippen molar-refractivity contribution in [3.05, 3.63) is 58.3 Å². The van der Waals surface area contributed by atoms with Gasteiger partial charge in [-0.05, 0) is 53.2 Å². The molecule has 0 aliphatic carbocycles. The highest BCUT2D eigenvalue weighted by Crippen LogP contribution is 2.26. The summed E-state index contributed by atoms with van der Waals surface area (Å²) in [5.74, 6) is -2.31. The molecule has 7 heteroatoms. The minimum absolute atomic E-state index is 0.253. The highest BCUT2D eigenvalue weighted by atomic mass is 79.9. The largest absolute Gasteiger partial charge is 0.480 e. The van der Waals surface area contributed by atoms with Gasteiger partial charge in [0.25, 0.3) is 5.91 Å². The van der Waals surface area contributed by atoms with Gasteiger partial charge in [-0.2, -0.15) is 0 Å². The molecule has 1 atom stereocenters. The van der Waals surface area contributed by atoms with E-state index in [0.29, 0.717) is 4.47 Å². The van der Waals surface area contributed by atoms with Gasteiger partial charge in [0.05, 0.1) is 10.2 Å². The van der Waals surface area contributed by atoms with Gasteiger partial charge in [-0.3, -0.25) is 4.79 Å². The van der Waals surface area contributed by atoms with Crippen molar-refractivity contribution in [2.75, 3.05) is 5.32 Å². The zero-order valence-electron chi connectivity index (χ0n) is 11.4. The van der Waals surface area contributed by atoms with Crippen LogP contribution in [0.1, 0.15) is 6.92 Å². The van der Waals surface area contributed by atoms with Crippen LogP contribution in [0.5, 0.6) is 5.75 Å². The minimum Gasteiger partial charge on any atom is -0.480 e. The molecule has 0 fully saturated rings. The molecule has 0 aliphatic heterocycles. The van der Waals surface area contributed by atoms with E-state index in [1.165, 1.54) is 25.1 Å². The Hall–Kier alpha value is -2.02. The maximum atomic E-state index is 13.5. The van der Waals surface area contributed by atoms with Crippen LogP contribution in [-0.4, -0.2) is 12.0 Å². The Morgan fingerprint density at radius 2 is 1.77 bits per heavy atom. The lowest BCUT2D eigenvalue weighted by atomic mass is 10.2. The molecular formula is C15H11BrF3NO2. The second-order valence-electron chi connectivity index (χ2n) is 4.45. The predicted octanol–water partition coefficient (Wildman–Crippen LogP) is 4.27. The molecule has 2 aromatic rings. The average molecular weight is 374 g/mol. The summed E-state index contributed by atoms with van der Waals surface area (Å²) < 4.78 is 45.2. The fourth-order valence-corrected chi connectivity index (χ4v) is 2.09. The van der Waals surface area contributed by atoms with E-state index in [1.807, 2.05) is 0 Å². The Morgan fingerprint density at radius 3 is 2.45 bits per heavy atom. The highest BCUT2D eigenvalue weighted by molar-refractivity contribution is 9.10. The number of rotatable bonds is 4. The number of nitrogens with one attached hydrogen (secondary N) is 1. The smallest absolute Gasteiger partial charge is 0.265 e. The molecule has 3 nitrogen and oxygen atoms in total. The van der Waals surface area contributed by atoms with Crippen LogP contribution in [0.25, 0.3) is 0 Å². The Kier molecular flexibility index (Phi) is 5.07. The lowest BCUT2D eigenvalue weighted by Gasteiger charge is -2.16. The van der Waals surface area contributed by atoms with Gasteiger partial charge in [0.2, 0.25) is 0 Å². The third-order valence-corrected chi connectivity index (χ3v) is 3.37. The van der Waals surface area contributed by atoms with E-state index >= 15 is 0 Å². The average Bonchev–Trinajstić information content (AvgIpc) is 2.45. The number of carbonyl (C=O) groups excluding carboxylic acids is 1. The predicted molar refractivity (Wildman–Crippen MR) is 79.2 cm³/mol. The number of carbonyl (C=O) groups is 1. The normalized spacial score (nSPS) is 11.9. The number of anilines is 1. The summed E-state index contributed by atoms with van der Waals surface area (Å²) in [6.07, 6.45) is -0.996. The molecular weight excluding hydrogens is 363 g/mol. The zero-order chi connectivity index (χ0) is 16.3. The van der Waals surface area contributed by atoms with Crippen molar-refractivity contribution in [2.24, 2.45) is 0 Å². The van der Waals surface area contributed by atoms with E-state index in [-0.39, 0.29) is 11.4 Å². The molecule has 0 spiro atoms. The van der Waals surface area contributed by atoms with Gasteiger partial charge in [0.1, 0.15) is 23.2 Å². The lowest BCUT2D eigenvalue weighted by Crippen LogP contribution is -2.30. The summed E-state index contributed by atoms with van der Waals surface area (Å²) in [6.45, 7) is 1.43. The monoisotopic (exact) mass is 373 g/mol. The summed E-state index contributed by atoms with van der Waals surface area (Å²) in [6, 6.07) is 6.44. The number of benzene rings is 2.